The van der Waals surface area contributed by atoms with Gasteiger partial charge in [0.25, 0.3) is 0 Å². The van der Waals surface area contributed by atoms with Crippen LogP contribution in [0.5, 0.6) is 0 Å². The predicted molar refractivity (Wildman–Crippen MR) is 167 cm³/mol. The number of fused-ring (bicyclic) bond motifs is 1. The summed E-state index contributed by atoms with van der Waals surface area (Å²) >= 11 is 0. The van der Waals surface area contributed by atoms with Crippen molar-refractivity contribution in [1.82, 2.24) is 24.6 Å². The Hall–Kier alpha value is -3.28. The molecule has 0 saturated carbocycles. The van der Waals surface area contributed by atoms with Crippen molar-refractivity contribution >= 4 is 22.8 Å². The molecule has 1 unspecified atom stereocenters. The van der Waals surface area contributed by atoms with Crippen molar-refractivity contribution in [3.63, 3.8) is 0 Å². The molecule has 1 amide bonds. The van der Waals surface area contributed by atoms with Crippen LogP contribution in [0.2, 0.25) is 0 Å². The smallest absolute Gasteiger partial charge is 0.410 e. The minimum Gasteiger partial charge on any atom is -0.444 e. The number of amides is 1. The molecule has 0 bridgehead atoms. The Balaban J connectivity index is 1.18. The van der Waals surface area contributed by atoms with Crippen molar-refractivity contribution in [2.45, 2.75) is 90.6 Å². The van der Waals surface area contributed by atoms with Gasteiger partial charge in [-0.3, -0.25) is 0 Å². The topological polar surface area (TPSA) is 104 Å². The van der Waals surface area contributed by atoms with Crippen molar-refractivity contribution in [1.29, 1.82) is 0 Å². The fourth-order valence-electron chi connectivity index (χ4n) is 6.42. The second-order valence-corrected chi connectivity index (χ2v) is 13.3. The molecule has 3 aromatic rings. The molecule has 2 aromatic heterocycles. The number of benzene rings is 1. The van der Waals surface area contributed by atoms with Crippen LogP contribution in [0, 0.1) is 13.8 Å². The Labute approximate surface area is 259 Å². The summed E-state index contributed by atoms with van der Waals surface area (Å²) in [4.78, 5) is 26.3. The lowest BCUT2D eigenvalue weighted by molar-refractivity contribution is -0.180. The Morgan fingerprint density at radius 2 is 1.77 bits per heavy atom. The van der Waals surface area contributed by atoms with Crippen LogP contribution in [0.1, 0.15) is 75.7 Å². The zero-order chi connectivity index (χ0) is 30.8. The molecular weight excluding hydrogens is 560 g/mol. The van der Waals surface area contributed by atoms with Crippen LogP contribution in [-0.4, -0.2) is 94.7 Å². The summed E-state index contributed by atoms with van der Waals surface area (Å²) in [6.07, 6.45) is 6.47. The zero-order valence-electron chi connectivity index (χ0n) is 26.8. The zero-order valence-corrected chi connectivity index (χ0v) is 26.8. The molecule has 0 spiro atoms. The van der Waals surface area contributed by atoms with Gasteiger partial charge >= 0.3 is 6.09 Å². The molecule has 3 aliphatic heterocycles. The van der Waals surface area contributed by atoms with Crippen LogP contribution in [0.25, 0.3) is 16.7 Å². The van der Waals surface area contributed by atoms with E-state index in [9.17, 15) is 4.79 Å². The number of aromatic nitrogens is 4. The lowest BCUT2D eigenvalue weighted by atomic mass is 9.86. The van der Waals surface area contributed by atoms with Crippen molar-refractivity contribution in [2.75, 3.05) is 50.9 Å². The number of morpholine rings is 1. The monoisotopic (exact) mass is 606 g/mol. The summed E-state index contributed by atoms with van der Waals surface area (Å²) in [6, 6.07) is 6.50. The van der Waals surface area contributed by atoms with Gasteiger partial charge in [0.1, 0.15) is 17.2 Å². The highest BCUT2D eigenvalue weighted by atomic mass is 16.7. The van der Waals surface area contributed by atoms with Crippen LogP contribution in [0.15, 0.2) is 24.4 Å². The highest BCUT2D eigenvalue weighted by molar-refractivity contribution is 5.82. The molecule has 44 heavy (non-hydrogen) atoms. The quantitative estimate of drug-likeness (QED) is 0.370. The molecule has 11 heteroatoms. The molecular formula is C33H46N6O5. The van der Waals surface area contributed by atoms with E-state index in [1.54, 1.807) is 0 Å². The predicted octanol–water partition coefficient (Wildman–Crippen LogP) is 5.30. The van der Waals surface area contributed by atoms with Crippen LogP contribution in [0.3, 0.4) is 0 Å². The number of carbonyl (C=O) groups excluding carboxylic acids is 1. The van der Waals surface area contributed by atoms with Gasteiger partial charge in [-0.25, -0.2) is 19.4 Å². The highest BCUT2D eigenvalue weighted by Crippen LogP contribution is 2.34. The molecule has 5 heterocycles. The number of piperidine rings is 1. The van der Waals surface area contributed by atoms with Gasteiger partial charge in [-0.1, -0.05) is 0 Å². The maximum Gasteiger partial charge on any atom is 0.410 e. The minimum absolute atomic E-state index is 0.0502. The summed E-state index contributed by atoms with van der Waals surface area (Å²) in [5, 5.41) is 5.84. The molecule has 1 aromatic carbocycles. The third-order valence-electron chi connectivity index (χ3n) is 8.64. The maximum absolute atomic E-state index is 12.6. The summed E-state index contributed by atoms with van der Waals surface area (Å²) in [7, 11) is 0. The first-order valence-corrected chi connectivity index (χ1v) is 16.0. The van der Waals surface area contributed by atoms with E-state index >= 15 is 0 Å². The van der Waals surface area contributed by atoms with Gasteiger partial charge in [0, 0.05) is 44.2 Å². The maximum atomic E-state index is 12.6. The number of carbonyl (C=O) groups is 1. The fourth-order valence-corrected chi connectivity index (χ4v) is 6.42. The van der Waals surface area contributed by atoms with Gasteiger partial charge in [-0.15, -0.1) is 0 Å². The second kappa shape index (κ2) is 13.0. The Morgan fingerprint density at radius 3 is 2.52 bits per heavy atom. The molecule has 0 aliphatic carbocycles. The molecule has 238 valence electrons. The summed E-state index contributed by atoms with van der Waals surface area (Å²) in [6.45, 7) is 14.5. The van der Waals surface area contributed by atoms with Crippen molar-refractivity contribution in [2.24, 2.45) is 0 Å². The van der Waals surface area contributed by atoms with Gasteiger partial charge in [0.05, 0.1) is 31.0 Å². The van der Waals surface area contributed by atoms with E-state index in [0.29, 0.717) is 44.6 Å². The van der Waals surface area contributed by atoms with E-state index in [4.69, 9.17) is 34.0 Å². The Morgan fingerprint density at radius 1 is 0.977 bits per heavy atom. The molecule has 0 radical (unpaired) electrons. The van der Waals surface area contributed by atoms with E-state index in [2.05, 4.69) is 24.0 Å². The first kappa shape index (κ1) is 30.7. The average molecular weight is 607 g/mol. The number of nitrogens with zero attached hydrogens (tertiary/aromatic N) is 6. The molecule has 6 rings (SSSR count). The Kier molecular flexibility index (Phi) is 9.07. The lowest BCUT2D eigenvalue weighted by Crippen LogP contribution is -2.45. The Bertz CT molecular complexity index is 1450. The van der Waals surface area contributed by atoms with Crippen LogP contribution < -0.4 is 4.90 Å². The lowest BCUT2D eigenvalue weighted by Gasteiger charge is -2.34. The van der Waals surface area contributed by atoms with Crippen LogP contribution in [0.4, 0.5) is 10.6 Å². The van der Waals surface area contributed by atoms with E-state index in [1.807, 2.05) is 49.5 Å². The van der Waals surface area contributed by atoms with Crippen LogP contribution in [-0.2, 0) is 18.9 Å². The van der Waals surface area contributed by atoms with Crippen molar-refractivity contribution < 1.29 is 23.7 Å². The van der Waals surface area contributed by atoms with E-state index in [-0.39, 0.29) is 18.5 Å². The second-order valence-electron chi connectivity index (χ2n) is 13.3. The average Bonchev–Trinajstić information content (AvgIpc) is 3.42. The normalized spacial score (nSPS) is 22.0. The number of likely N-dealkylation sites (tertiary alicyclic amines) is 1. The molecule has 0 N–H and O–H groups in total. The third-order valence-corrected chi connectivity index (χ3v) is 8.64. The van der Waals surface area contributed by atoms with Gasteiger partial charge < -0.3 is 28.7 Å². The van der Waals surface area contributed by atoms with Crippen molar-refractivity contribution in [3.8, 4) is 5.82 Å². The van der Waals surface area contributed by atoms with Gasteiger partial charge in [-0.2, -0.15) is 5.10 Å². The number of aryl methyl sites for hydroxylation is 2. The summed E-state index contributed by atoms with van der Waals surface area (Å²) in [5.41, 5.74) is 3.07. The number of rotatable bonds is 6. The number of anilines is 1. The molecule has 11 nitrogen and oxygen atoms in total. The standard InChI is InChI=1S/C33H46N6O5/c1-22-16-25-19-34-39(28(25)17-27(22)24-9-11-37(12-10-24)32(40)44-33(3,4)5)30-18-29(35-23(2)36-30)38-13-15-41-26(20-38)21-43-31-8-6-7-14-42-31/h16-19,24,26,31H,6-15,20-21H2,1-5H3/t26?,31-/m1/s1. The summed E-state index contributed by atoms with van der Waals surface area (Å²) < 4.78 is 25.3. The first-order valence-electron chi connectivity index (χ1n) is 16.0. The molecule has 3 aliphatic rings. The minimum atomic E-state index is -0.491. The number of hydrogen-bond acceptors (Lipinski definition) is 9. The summed E-state index contributed by atoms with van der Waals surface area (Å²) in [5.74, 6) is 2.65. The number of ether oxygens (including phenoxy) is 4. The highest BCUT2D eigenvalue weighted by Gasteiger charge is 2.29. The third kappa shape index (κ3) is 7.16. The van der Waals surface area contributed by atoms with Crippen LogP contribution >= 0.6 is 0 Å². The first-order chi connectivity index (χ1) is 21.1. The van der Waals surface area contributed by atoms with Gasteiger partial charge in [0.2, 0.25) is 0 Å². The van der Waals surface area contributed by atoms with E-state index in [1.165, 1.54) is 11.1 Å². The SMILES string of the molecule is Cc1nc(N2CCOC(CO[C@@H]3CCCCO3)C2)cc(-n2ncc3cc(C)c(C4CCN(C(=O)OC(C)(C)C)CC4)cc32)n1. The molecule has 3 saturated heterocycles. The van der Waals surface area contributed by atoms with E-state index in [0.717, 1.165) is 67.8 Å². The largest absolute Gasteiger partial charge is 0.444 e. The van der Waals surface area contributed by atoms with Gasteiger partial charge in [-0.05, 0) is 95.9 Å². The van der Waals surface area contributed by atoms with Gasteiger partial charge in [0.15, 0.2) is 12.1 Å². The van der Waals surface area contributed by atoms with E-state index < -0.39 is 5.60 Å². The molecule has 2 atom stereocenters. The molecule has 3 fully saturated rings. The fraction of sp³-hybridized carbons (Fsp3) is 0.636. The van der Waals surface area contributed by atoms with Crippen molar-refractivity contribution in [3.05, 3.63) is 41.3 Å². The number of hydrogen-bond donors (Lipinski definition) is 0.